The topological polar surface area (TPSA) is 79.3 Å². The van der Waals surface area contributed by atoms with E-state index in [1.165, 1.54) is 0 Å². The molecule has 33 heavy (non-hydrogen) atoms. The first kappa shape index (κ1) is 24.0. The molecule has 2 aliphatic rings. The van der Waals surface area contributed by atoms with Gasteiger partial charge in [0.05, 0.1) is 24.2 Å². The van der Waals surface area contributed by atoms with Crippen molar-refractivity contribution in [3.63, 3.8) is 0 Å². The number of ether oxygens (including phenoxy) is 2. The Morgan fingerprint density at radius 2 is 1.82 bits per heavy atom. The number of benzene rings is 2. The molecule has 1 N–H and O–H groups in total. The molecule has 2 aliphatic heterocycles. The minimum absolute atomic E-state index is 0.187. The van der Waals surface area contributed by atoms with Gasteiger partial charge in [-0.15, -0.1) is 0 Å². The molecule has 2 aromatic carbocycles. The maximum atomic E-state index is 13.6. The van der Waals surface area contributed by atoms with Crippen LogP contribution in [0.2, 0.25) is 0 Å². The maximum absolute atomic E-state index is 13.6. The van der Waals surface area contributed by atoms with Crippen LogP contribution in [-0.2, 0) is 21.4 Å². The minimum atomic E-state index is -3.71. The standard InChI is InChI=1S/C25H34N2O5S/c1-26(2)22-7-5-20(6-8-22)24-4-3-13-27(24)33(29,30)23-9-10-25(21(16-23)17-28)32-18-19-11-14-31-15-12-19/h5-10,16,19,24,28H,3-4,11-15,17-18H2,1-2H3. The molecule has 0 aliphatic carbocycles. The van der Waals surface area contributed by atoms with Crippen LogP contribution in [0.3, 0.4) is 0 Å². The van der Waals surface area contributed by atoms with Crippen molar-refractivity contribution in [2.75, 3.05) is 45.4 Å². The summed E-state index contributed by atoms with van der Waals surface area (Å²) >= 11 is 0. The van der Waals surface area contributed by atoms with Crippen molar-refractivity contribution in [2.45, 2.75) is 43.2 Å². The molecular formula is C25H34N2O5S. The molecule has 7 nitrogen and oxygen atoms in total. The predicted molar refractivity (Wildman–Crippen MR) is 128 cm³/mol. The van der Waals surface area contributed by atoms with Gasteiger partial charge in [0.15, 0.2) is 0 Å². The van der Waals surface area contributed by atoms with Crippen molar-refractivity contribution < 1.29 is 23.0 Å². The van der Waals surface area contributed by atoms with E-state index in [-0.39, 0.29) is 17.5 Å². The van der Waals surface area contributed by atoms with Crippen LogP contribution < -0.4 is 9.64 Å². The smallest absolute Gasteiger partial charge is 0.243 e. The van der Waals surface area contributed by atoms with Crippen molar-refractivity contribution in [1.29, 1.82) is 0 Å². The molecule has 8 heteroatoms. The van der Waals surface area contributed by atoms with Crippen LogP contribution in [0, 0.1) is 5.92 Å². The van der Waals surface area contributed by atoms with Crippen LogP contribution >= 0.6 is 0 Å². The molecule has 2 aromatic rings. The van der Waals surface area contributed by atoms with Gasteiger partial charge in [0.1, 0.15) is 5.75 Å². The van der Waals surface area contributed by atoms with E-state index in [1.54, 1.807) is 22.5 Å². The molecule has 0 aromatic heterocycles. The summed E-state index contributed by atoms with van der Waals surface area (Å²) in [7, 11) is 0.259. The normalized spacial score (nSPS) is 20.2. The Labute approximate surface area is 197 Å². The van der Waals surface area contributed by atoms with Gasteiger partial charge in [-0.2, -0.15) is 4.31 Å². The lowest BCUT2D eigenvalue weighted by Crippen LogP contribution is -2.30. The number of hydrogen-bond acceptors (Lipinski definition) is 6. The molecule has 0 radical (unpaired) electrons. The van der Waals surface area contributed by atoms with Gasteiger partial charge in [0.2, 0.25) is 10.0 Å². The lowest BCUT2D eigenvalue weighted by Gasteiger charge is -2.26. The van der Waals surface area contributed by atoms with E-state index >= 15 is 0 Å². The Morgan fingerprint density at radius 3 is 2.48 bits per heavy atom. The van der Waals surface area contributed by atoms with Crippen molar-refractivity contribution >= 4 is 15.7 Å². The Kier molecular flexibility index (Phi) is 7.58. The molecule has 0 saturated carbocycles. The molecule has 180 valence electrons. The highest BCUT2D eigenvalue weighted by molar-refractivity contribution is 7.89. The van der Waals surface area contributed by atoms with Crippen LogP contribution in [-0.4, -0.2) is 58.3 Å². The molecule has 4 rings (SSSR count). The van der Waals surface area contributed by atoms with Gasteiger partial charge in [0, 0.05) is 45.1 Å². The van der Waals surface area contributed by atoms with Crippen molar-refractivity contribution in [3.8, 4) is 5.75 Å². The van der Waals surface area contributed by atoms with E-state index in [0.29, 0.717) is 30.4 Å². The van der Waals surface area contributed by atoms with E-state index in [1.807, 2.05) is 43.3 Å². The average Bonchev–Trinajstić information content (AvgIpc) is 3.34. The first-order valence-corrected chi connectivity index (χ1v) is 13.1. The van der Waals surface area contributed by atoms with Gasteiger partial charge in [0.25, 0.3) is 0 Å². The van der Waals surface area contributed by atoms with Crippen LogP contribution in [0.1, 0.15) is 42.9 Å². The Bertz CT molecular complexity index is 1030. The van der Waals surface area contributed by atoms with Gasteiger partial charge in [-0.05, 0) is 67.5 Å². The Hall–Kier alpha value is -2.13. The molecule has 2 heterocycles. The minimum Gasteiger partial charge on any atom is -0.493 e. The maximum Gasteiger partial charge on any atom is 0.243 e. The van der Waals surface area contributed by atoms with Gasteiger partial charge in [-0.1, -0.05) is 12.1 Å². The Balaban J connectivity index is 1.52. The highest BCUT2D eigenvalue weighted by atomic mass is 32.2. The summed E-state index contributed by atoms with van der Waals surface area (Å²) in [6, 6.07) is 12.7. The number of aliphatic hydroxyl groups excluding tert-OH is 1. The lowest BCUT2D eigenvalue weighted by atomic mass is 10.0. The summed E-state index contributed by atoms with van der Waals surface area (Å²) < 4.78 is 40.1. The van der Waals surface area contributed by atoms with Crippen molar-refractivity contribution in [3.05, 3.63) is 53.6 Å². The quantitative estimate of drug-likeness (QED) is 0.630. The van der Waals surface area contributed by atoms with Crippen LogP contribution in [0.15, 0.2) is 47.4 Å². The van der Waals surface area contributed by atoms with E-state index < -0.39 is 10.0 Å². The monoisotopic (exact) mass is 474 g/mol. The third kappa shape index (κ3) is 5.35. The van der Waals surface area contributed by atoms with Gasteiger partial charge < -0.3 is 19.5 Å². The van der Waals surface area contributed by atoms with Crippen LogP contribution in [0.5, 0.6) is 5.75 Å². The molecule has 1 unspecified atom stereocenters. The van der Waals surface area contributed by atoms with Crippen LogP contribution in [0.4, 0.5) is 5.69 Å². The van der Waals surface area contributed by atoms with E-state index in [2.05, 4.69) is 0 Å². The summed E-state index contributed by atoms with van der Waals surface area (Å²) in [5.41, 5.74) is 2.57. The van der Waals surface area contributed by atoms with E-state index in [9.17, 15) is 13.5 Å². The lowest BCUT2D eigenvalue weighted by molar-refractivity contribution is 0.0494. The molecule has 2 saturated heterocycles. The molecule has 0 spiro atoms. The second-order valence-electron chi connectivity index (χ2n) is 9.05. The fourth-order valence-electron chi connectivity index (χ4n) is 4.59. The third-order valence-corrected chi connectivity index (χ3v) is 8.53. The molecule has 0 bridgehead atoms. The molecular weight excluding hydrogens is 440 g/mol. The summed E-state index contributed by atoms with van der Waals surface area (Å²) in [6.07, 6.45) is 3.51. The SMILES string of the molecule is CN(C)c1ccc(C2CCCN2S(=O)(=O)c2ccc(OCC3CCOCC3)c(CO)c2)cc1. The van der Waals surface area contributed by atoms with Gasteiger partial charge in [-0.25, -0.2) is 8.42 Å². The van der Waals surface area contributed by atoms with E-state index in [4.69, 9.17) is 9.47 Å². The van der Waals surface area contributed by atoms with Crippen molar-refractivity contribution in [2.24, 2.45) is 5.92 Å². The fraction of sp³-hybridized carbons (Fsp3) is 0.520. The first-order chi connectivity index (χ1) is 15.9. The number of aliphatic hydroxyl groups is 1. The van der Waals surface area contributed by atoms with Gasteiger partial charge >= 0.3 is 0 Å². The third-order valence-electron chi connectivity index (χ3n) is 6.62. The first-order valence-electron chi connectivity index (χ1n) is 11.6. The zero-order valence-electron chi connectivity index (χ0n) is 19.4. The highest BCUT2D eigenvalue weighted by Gasteiger charge is 2.36. The largest absolute Gasteiger partial charge is 0.493 e. The Morgan fingerprint density at radius 1 is 1.09 bits per heavy atom. The summed E-state index contributed by atoms with van der Waals surface area (Å²) in [6.45, 7) is 2.24. The second-order valence-corrected chi connectivity index (χ2v) is 10.9. The summed E-state index contributed by atoms with van der Waals surface area (Å²) in [5.74, 6) is 0.957. The predicted octanol–water partition coefficient (Wildman–Crippen LogP) is 3.58. The number of rotatable bonds is 8. The zero-order chi connectivity index (χ0) is 23.4. The van der Waals surface area contributed by atoms with Gasteiger partial charge in [-0.3, -0.25) is 0 Å². The molecule has 2 fully saturated rings. The molecule has 0 amide bonds. The number of anilines is 1. The number of nitrogens with zero attached hydrogens (tertiary/aromatic N) is 2. The van der Waals surface area contributed by atoms with Crippen LogP contribution in [0.25, 0.3) is 0 Å². The summed E-state index contributed by atoms with van der Waals surface area (Å²) in [5, 5.41) is 9.90. The summed E-state index contributed by atoms with van der Waals surface area (Å²) in [4.78, 5) is 2.22. The fourth-order valence-corrected chi connectivity index (χ4v) is 6.33. The van der Waals surface area contributed by atoms with Crippen molar-refractivity contribution in [1.82, 2.24) is 4.31 Å². The average molecular weight is 475 g/mol. The van der Waals surface area contributed by atoms with E-state index in [0.717, 1.165) is 50.1 Å². The number of hydrogen-bond donors (Lipinski definition) is 1. The number of sulfonamides is 1. The second kappa shape index (κ2) is 10.4. The highest BCUT2D eigenvalue weighted by Crippen LogP contribution is 2.38. The molecule has 1 atom stereocenters. The zero-order valence-corrected chi connectivity index (χ0v) is 20.3.